The maximum absolute atomic E-state index is 12.3. The Morgan fingerprint density at radius 1 is 1.29 bits per heavy atom. The molecule has 0 saturated carbocycles. The predicted octanol–water partition coefficient (Wildman–Crippen LogP) is 0.626. The third kappa shape index (κ3) is 5.01. The first kappa shape index (κ1) is 18.4. The van der Waals surface area contributed by atoms with Crippen molar-refractivity contribution in [1.29, 1.82) is 0 Å². The number of morpholine rings is 1. The van der Waals surface area contributed by atoms with Crippen LogP contribution in [0.3, 0.4) is 0 Å². The van der Waals surface area contributed by atoms with Crippen molar-refractivity contribution in [2.24, 2.45) is 0 Å². The minimum Gasteiger partial charge on any atom is -0.379 e. The second-order valence-electron chi connectivity index (χ2n) is 5.62. The van der Waals surface area contributed by atoms with Gasteiger partial charge in [0.15, 0.2) is 0 Å². The summed E-state index contributed by atoms with van der Waals surface area (Å²) in [7, 11) is 0. The highest BCUT2D eigenvalue weighted by Gasteiger charge is 2.16. The molecule has 1 aromatic rings. The highest BCUT2D eigenvalue weighted by molar-refractivity contribution is 5.98. The van der Waals surface area contributed by atoms with E-state index in [1.165, 1.54) is 6.20 Å². The van der Waals surface area contributed by atoms with E-state index >= 15 is 0 Å². The number of amides is 2. The summed E-state index contributed by atoms with van der Waals surface area (Å²) in [6.07, 6.45) is 1.51. The summed E-state index contributed by atoms with van der Waals surface area (Å²) < 4.78 is 5.30. The smallest absolute Gasteiger partial charge is 0.272 e. The molecule has 1 aliphatic rings. The van der Waals surface area contributed by atoms with Crippen LogP contribution >= 0.6 is 0 Å². The lowest BCUT2D eigenvalue weighted by Crippen LogP contribution is -2.41. The summed E-state index contributed by atoms with van der Waals surface area (Å²) >= 11 is 0. The van der Waals surface area contributed by atoms with Gasteiger partial charge in [0.2, 0.25) is 0 Å². The van der Waals surface area contributed by atoms with Crippen LogP contribution in [0.1, 0.15) is 34.7 Å². The summed E-state index contributed by atoms with van der Waals surface area (Å²) in [5.41, 5.74) is 0.766. The lowest BCUT2D eigenvalue weighted by atomic mass is 10.2. The van der Waals surface area contributed by atoms with Gasteiger partial charge < -0.3 is 15.0 Å². The Morgan fingerprint density at radius 2 is 2.00 bits per heavy atom. The number of nitrogens with one attached hydrogen (secondary N) is 1. The van der Waals surface area contributed by atoms with Crippen molar-refractivity contribution < 1.29 is 14.3 Å². The van der Waals surface area contributed by atoms with Gasteiger partial charge in [-0.25, -0.2) is 0 Å². The van der Waals surface area contributed by atoms with Crippen LogP contribution < -0.4 is 5.32 Å². The number of ether oxygens (including phenoxy) is 1. The Hall–Kier alpha value is -1.99. The van der Waals surface area contributed by atoms with Crippen LogP contribution in [-0.2, 0) is 4.74 Å². The van der Waals surface area contributed by atoms with E-state index < -0.39 is 0 Å². The summed E-state index contributed by atoms with van der Waals surface area (Å²) in [6, 6.07) is 3.19. The van der Waals surface area contributed by atoms with E-state index in [1.807, 2.05) is 13.8 Å². The van der Waals surface area contributed by atoms with Gasteiger partial charge in [-0.1, -0.05) is 0 Å². The summed E-state index contributed by atoms with van der Waals surface area (Å²) in [4.78, 5) is 32.6. The first-order valence-corrected chi connectivity index (χ1v) is 8.49. The van der Waals surface area contributed by atoms with E-state index in [0.29, 0.717) is 30.9 Å². The van der Waals surface area contributed by atoms with Gasteiger partial charge in [-0.15, -0.1) is 0 Å². The second kappa shape index (κ2) is 9.34. The molecule has 0 atom stereocenters. The lowest BCUT2D eigenvalue weighted by molar-refractivity contribution is 0.0383. The fourth-order valence-electron chi connectivity index (χ4n) is 2.62. The first-order chi connectivity index (χ1) is 11.7. The molecule has 2 amide bonds. The Kier molecular flexibility index (Phi) is 7.14. The summed E-state index contributed by atoms with van der Waals surface area (Å²) in [5, 5.41) is 2.90. The Morgan fingerprint density at radius 3 is 2.67 bits per heavy atom. The minimum absolute atomic E-state index is 0.150. The average Bonchev–Trinajstić information content (AvgIpc) is 2.63. The van der Waals surface area contributed by atoms with Crippen LogP contribution in [-0.4, -0.2) is 79.1 Å². The number of carbonyl (C=O) groups excluding carboxylic acids is 2. The molecule has 0 radical (unpaired) electrons. The largest absolute Gasteiger partial charge is 0.379 e. The maximum atomic E-state index is 12.3. The number of nitrogens with zero attached hydrogens (tertiary/aromatic N) is 3. The molecule has 1 saturated heterocycles. The molecule has 7 nitrogen and oxygen atoms in total. The third-order valence-electron chi connectivity index (χ3n) is 4.11. The monoisotopic (exact) mass is 334 g/mol. The molecule has 24 heavy (non-hydrogen) atoms. The normalized spacial score (nSPS) is 15.1. The van der Waals surface area contributed by atoms with Gasteiger partial charge in [0.25, 0.3) is 11.8 Å². The zero-order chi connectivity index (χ0) is 17.4. The van der Waals surface area contributed by atoms with E-state index in [4.69, 9.17) is 4.74 Å². The molecule has 0 spiro atoms. The summed E-state index contributed by atoms with van der Waals surface area (Å²) in [6.45, 7) is 9.73. The van der Waals surface area contributed by atoms with Crippen LogP contribution in [0, 0.1) is 0 Å². The predicted molar refractivity (Wildman–Crippen MR) is 91.1 cm³/mol. The standard InChI is InChI=1S/C17H26N4O3/c1-3-21(4-2)17(23)15-13-14(5-6-18-15)16(22)19-7-8-20-9-11-24-12-10-20/h5-6,13H,3-4,7-12H2,1-2H3,(H,19,22). The van der Waals surface area contributed by atoms with Crippen molar-refractivity contribution in [3.05, 3.63) is 29.6 Å². The molecule has 2 rings (SSSR count). The molecule has 0 aromatic carbocycles. The van der Waals surface area contributed by atoms with Crippen LogP contribution in [0.5, 0.6) is 0 Å². The van der Waals surface area contributed by atoms with Gasteiger partial charge in [-0.05, 0) is 26.0 Å². The summed E-state index contributed by atoms with van der Waals surface area (Å²) in [5.74, 6) is -0.331. The van der Waals surface area contributed by atoms with Gasteiger partial charge in [-0.3, -0.25) is 19.5 Å². The molecule has 1 aliphatic heterocycles. The van der Waals surface area contributed by atoms with Crippen LogP contribution in [0.4, 0.5) is 0 Å². The van der Waals surface area contributed by atoms with E-state index in [0.717, 1.165) is 32.8 Å². The number of aromatic nitrogens is 1. The number of hydrogen-bond acceptors (Lipinski definition) is 5. The maximum Gasteiger partial charge on any atom is 0.272 e. The fourth-order valence-corrected chi connectivity index (χ4v) is 2.62. The Balaban J connectivity index is 1.89. The SMILES string of the molecule is CCN(CC)C(=O)c1cc(C(=O)NCCN2CCOCC2)ccn1. The molecule has 7 heteroatoms. The third-order valence-corrected chi connectivity index (χ3v) is 4.11. The molecular weight excluding hydrogens is 308 g/mol. The van der Waals surface area contributed by atoms with Gasteiger partial charge in [0, 0.05) is 51.0 Å². The van der Waals surface area contributed by atoms with Crippen LogP contribution in [0.2, 0.25) is 0 Å². The molecule has 132 valence electrons. The highest BCUT2D eigenvalue weighted by Crippen LogP contribution is 2.06. The molecule has 1 fully saturated rings. The van der Waals surface area contributed by atoms with Crippen molar-refractivity contribution in [2.45, 2.75) is 13.8 Å². The van der Waals surface area contributed by atoms with E-state index in [2.05, 4.69) is 15.2 Å². The van der Waals surface area contributed by atoms with Gasteiger partial charge in [0.1, 0.15) is 5.69 Å². The topological polar surface area (TPSA) is 74.8 Å². The molecule has 2 heterocycles. The van der Waals surface area contributed by atoms with Crippen LogP contribution in [0.15, 0.2) is 18.3 Å². The van der Waals surface area contributed by atoms with Crippen molar-refractivity contribution in [3.63, 3.8) is 0 Å². The number of hydrogen-bond donors (Lipinski definition) is 1. The van der Waals surface area contributed by atoms with Gasteiger partial charge in [-0.2, -0.15) is 0 Å². The second-order valence-corrected chi connectivity index (χ2v) is 5.62. The van der Waals surface area contributed by atoms with Gasteiger partial charge >= 0.3 is 0 Å². The molecule has 1 aromatic heterocycles. The van der Waals surface area contributed by atoms with Crippen molar-refractivity contribution >= 4 is 11.8 Å². The zero-order valence-corrected chi connectivity index (χ0v) is 14.5. The molecule has 0 bridgehead atoms. The van der Waals surface area contributed by atoms with Crippen molar-refractivity contribution in [2.75, 3.05) is 52.5 Å². The van der Waals surface area contributed by atoms with E-state index in [9.17, 15) is 9.59 Å². The van der Waals surface area contributed by atoms with E-state index in [1.54, 1.807) is 17.0 Å². The number of pyridine rings is 1. The lowest BCUT2D eigenvalue weighted by Gasteiger charge is -2.26. The number of carbonyl (C=O) groups is 2. The quantitative estimate of drug-likeness (QED) is 0.791. The fraction of sp³-hybridized carbons (Fsp3) is 0.588. The minimum atomic E-state index is -0.181. The van der Waals surface area contributed by atoms with Crippen LogP contribution in [0.25, 0.3) is 0 Å². The highest BCUT2D eigenvalue weighted by atomic mass is 16.5. The zero-order valence-electron chi connectivity index (χ0n) is 14.5. The molecule has 0 aliphatic carbocycles. The molecule has 1 N–H and O–H groups in total. The van der Waals surface area contributed by atoms with Gasteiger partial charge in [0.05, 0.1) is 13.2 Å². The van der Waals surface area contributed by atoms with Crippen molar-refractivity contribution in [3.8, 4) is 0 Å². The van der Waals surface area contributed by atoms with E-state index in [-0.39, 0.29) is 11.8 Å². The number of rotatable bonds is 7. The average molecular weight is 334 g/mol. The van der Waals surface area contributed by atoms with Crippen molar-refractivity contribution in [1.82, 2.24) is 20.1 Å². The first-order valence-electron chi connectivity index (χ1n) is 8.49. The molecular formula is C17H26N4O3. The Bertz CT molecular complexity index is 555. The molecule has 0 unspecified atom stereocenters. The Labute approximate surface area is 143 Å².